The van der Waals surface area contributed by atoms with Crippen molar-refractivity contribution in [1.29, 1.82) is 10.5 Å². The molecule has 4 nitrogen and oxygen atoms in total. The number of nitrogens with zero attached hydrogens (tertiary/aromatic N) is 2. The molecule has 0 radical (unpaired) electrons. The number of quaternary nitrogens is 1. The van der Waals surface area contributed by atoms with E-state index in [4.69, 9.17) is 0 Å². The van der Waals surface area contributed by atoms with Crippen LogP contribution >= 0.6 is 11.3 Å². The quantitative estimate of drug-likeness (QED) is 0.908. The normalized spacial score (nSPS) is 28.4. The fourth-order valence-corrected chi connectivity index (χ4v) is 5.37. The van der Waals surface area contributed by atoms with Crippen LogP contribution in [-0.4, -0.2) is 11.8 Å². The van der Waals surface area contributed by atoms with Gasteiger partial charge in [0.1, 0.15) is 0 Å². The summed E-state index contributed by atoms with van der Waals surface area (Å²) in [6.45, 7) is 1.56. The average Bonchev–Trinajstić information content (AvgIpc) is 3.25. The average molecular weight is 346 g/mol. The number of hydrogen-bond donors (Lipinski definition) is 1. The van der Waals surface area contributed by atoms with Crippen LogP contribution in [0.1, 0.15) is 34.9 Å². The summed E-state index contributed by atoms with van der Waals surface area (Å²) in [6.07, 6.45) is 3.95. The minimum absolute atomic E-state index is 0.00908. The smallest absolute Gasteiger partial charge is 0.213 e. The molecule has 0 amide bonds. The van der Waals surface area contributed by atoms with E-state index in [1.54, 1.807) is 6.92 Å². The van der Waals surface area contributed by atoms with E-state index in [0.717, 1.165) is 20.9 Å². The summed E-state index contributed by atoms with van der Waals surface area (Å²) in [6, 6.07) is 15.5. The second kappa shape index (κ2) is 5.67. The monoisotopic (exact) mass is 346 g/mol. The Labute approximate surface area is 150 Å². The molecule has 1 aromatic carbocycles. The van der Waals surface area contributed by atoms with Crippen LogP contribution in [0.4, 0.5) is 0 Å². The Balaban J connectivity index is 2.02. The number of ketones is 1. The third-order valence-corrected chi connectivity index (χ3v) is 6.35. The van der Waals surface area contributed by atoms with Crippen LogP contribution in [0, 0.1) is 28.1 Å². The number of carbonyl (C=O) groups is 1. The molecule has 2 aliphatic heterocycles. The molecule has 1 fully saturated rings. The van der Waals surface area contributed by atoms with E-state index in [-0.39, 0.29) is 11.8 Å². The van der Waals surface area contributed by atoms with Crippen molar-refractivity contribution >= 4 is 23.2 Å². The van der Waals surface area contributed by atoms with Crippen LogP contribution in [0.15, 0.2) is 48.0 Å². The highest BCUT2D eigenvalue weighted by molar-refractivity contribution is 7.10. The standard InChI is InChI=1S/C20H15N3OS/c1-13(24)18-17(16-7-4-10-25-16)20(11-21,12-22)19-15-6-3-2-5-14(15)8-9-23(18)19/h2-10,17-19H,1H3/p+1. The largest absolute Gasteiger partial charge is 0.293 e. The summed E-state index contributed by atoms with van der Waals surface area (Å²) >= 11 is 1.51. The molecule has 122 valence electrons. The fraction of sp³-hybridized carbons (Fsp3) is 0.250. The molecule has 1 saturated heterocycles. The molecule has 4 atom stereocenters. The van der Waals surface area contributed by atoms with Gasteiger partial charge in [-0.15, -0.1) is 11.3 Å². The van der Waals surface area contributed by atoms with Gasteiger partial charge < -0.3 is 0 Å². The molecule has 2 aliphatic rings. The first-order valence-corrected chi connectivity index (χ1v) is 9.02. The van der Waals surface area contributed by atoms with Gasteiger partial charge >= 0.3 is 0 Å². The number of nitriles is 2. The summed E-state index contributed by atoms with van der Waals surface area (Å²) in [4.78, 5) is 14.4. The molecule has 2 aromatic rings. The predicted molar refractivity (Wildman–Crippen MR) is 94.4 cm³/mol. The van der Waals surface area contributed by atoms with Crippen LogP contribution in [0.5, 0.6) is 0 Å². The Morgan fingerprint density at radius 1 is 1.20 bits per heavy atom. The number of Topliss-reactive ketones (excluding diaryl/α,β-unsaturated/α-hetero) is 1. The van der Waals surface area contributed by atoms with Gasteiger partial charge in [-0.25, -0.2) is 0 Å². The number of nitrogens with one attached hydrogen (secondary N) is 1. The van der Waals surface area contributed by atoms with Crippen molar-refractivity contribution in [3.63, 3.8) is 0 Å². The van der Waals surface area contributed by atoms with Crippen molar-refractivity contribution in [3.8, 4) is 12.1 Å². The Kier molecular flexibility index (Phi) is 3.58. The van der Waals surface area contributed by atoms with Crippen LogP contribution in [0.3, 0.4) is 0 Å². The molecule has 0 spiro atoms. The van der Waals surface area contributed by atoms with Crippen LogP contribution < -0.4 is 4.90 Å². The number of thiophene rings is 1. The van der Waals surface area contributed by atoms with E-state index in [0.29, 0.717) is 0 Å². The second-order valence-corrected chi connectivity index (χ2v) is 7.55. The molecule has 0 aliphatic carbocycles. The van der Waals surface area contributed by atoms with Crippen LogP contribution in [-0.2, 0) is 4.79 Å². The number of carbonyl (C=O) groups excluding carboxylic acids is 1. The summed E-state index contributed by atoms with van der Waals surface area (Å²) < 4.78 is 0. The predicted octanol–water partition coefficient (Wildman–Crippen LogP) is 2.45. The Morgan fingerprint density at radius 3 is 2.60 bits per heavy atom. The molecule has 4 rings (SSSR count). The lowest BCUT2D eigenvalue weighted by Crippen LogP contribution is -3.11. The molecule has 3 heterocycles. The minimum atomic E-state index is -1.28. The van der Waals surface area contributed by atoms with Gasteiger partial charge in [-0.1, -0.05) is 30.3 Å². The third kappa shape index (κ3) is 2.04. The van der Waals surface area contributed by atoms with Gasteiger partial charge in [0, 0.05) is 17.4 Å². The Morgan fingerprint density at radius 2 is 1.96 bits per heavy atom. The summed E-state index contributed by atoms with van der Waals surface area (Å²) in [5.41, 5.74) is 0.700. The zero-order chi connectivity index (χ0) is 17.6. The van der Waals surface area contributed by atoms with Gasteiger partial charge in [0.05, 0.1) is 24.3 Å². The van der Waals surface area contributed by atoms with Crippen molar-refractivity contribution in [2.24, 2.45) is 5.41 Å². The first kappa shape index (κ1) is 15.8. The van der Waals surface area contributed by atoms with Crippen molar-refractivity contribution in [3.05, 3.63) is 64.0 Å². The van der Waals surface area contributed by atoms with Gasteiger partial charge in [-0.2, -0.15) is 10.5 Å². The number of rotatable bonds is 2. The minimum Gasteiger partial charge on any atom is -0.293 e. The second-order valence-electron chi connectivity index (χ2n) is 6.57. The van der Waals surface area contributed by atoms with E-state index in [1.165, 1.54) is 11.3 Å². The van der Waals surface area contributed by atoms with E-state index in [9.17, 15) is 15.3 Å². The van der Waals surface area contributed by atoms with E-state index in [1.807, 2.05) is 54.1 Å². The maximum absolute atomic E-state index is 12.6. The highest BCUT2D eigenvalue weighted by Gasteiger charge is 2.67. The summed E-state index contributed by atoms with van der Waals surface area (Å²) in [5, 5.41) is 22.2. The van der Waals surface area contributed by atoms with Gasteiger partial charge in [0.2, 0.25) is 5.41 Å². The molecule has 25 heavy (non-hydrogen) atoms. The maximum atomic E-state index is 12.6. The lowest BCUT2D eigenvalue weighted by Gasteiger charge is -2.29. The number of fused-ring (bicyclic) bond motifs is 3. The zero-order valence-corrected chi connectivity index (χ0v) is 14.5. The Hall–Kier alpha value is -2.73. The SMILES string of the molecule is CC(=O)C1C(c2cccs2)C(C#N)(C#N)C2c3ccccc3C=C[NH+]12. The fourth-order valence-electron chi connectivity index (χ4n) is 4.43. The van der Waals surface area contributed by atoms with E-state index in [2.05, 4.69) is 12.1 Å². The van der Waals surface area contributed by atoms with Crippen molar-refractivity contribution in [2.75, 3.05) is 0 Å². The lowest BCUT2D eigenvalue weighted by molar-refractivity contribution is -0.885. The Bertz CT molecular complexity index is 934. The molecule has 4 unspecified atom stereocenters. The van der Waals surface area contributed by atoms with Gasteiger partial charge in [-0.05, 0) is 23.1 Å². The molecule has 1 N–H and O–H groups in total. The van der Waals surface area contributed by atoms with E-state index < -0.39 is 17.4 Å². The van der Waals surface area contributed by atoms with Gasteiger partial charge in [-0.3, -0.25) is 9.69 Å². The van der Waals surface area contributed by atoms with Gasteiger partial charge in [0.15, 0.2) is 17.9 Å². The topological polar surface area (TPSA) is 69.1 Å². The molecule has 5 heteroatoms. The zero-order valence-electron chi connectivity index (χ0n) is 13.6. The van der Waals surface area contributed by atoms with E-state index >= 15 is 0 Å². The maximum Gasteiger partial charge on any atom is 0.213 e. The summed E-state index contributed by atoms with van der Waals surface area (Å²) in [5.74, 6) is -0.425. The summed E-state index contributed by atoms with van der Waals surface area (Å²) in [7, 11) is 0. The highest BCUT2D eigenvalue weighted by atomic mass is 32.1. The van der Waals surface area contributed by atoms with Crippen molar-refractivity contribution in [2.45, 2.75) is 24.9 Å². The lowest BCUT2D eigenvalue weighted by atomic mass is 9.70. The molecule has 1 aromatic heterocycles. The third-order valence-electron chi connectivity index (χ3n) is 5.39. The first-order valence-electron chi connectivity index (χ1n) is 8.14. The van der Waals surface area contributed by atoms with Crippen LogP contribution in [0.25, 0.3) is 6.08 Å². The number of hydrogen-bond acceptors (Lipinski definition) is 4. The molecular formula is C20H16N3OS+. The van der Waals surface area contributed by atoms with Crippen LogP contribution in [0.2, 0.25) is 0 Å². The molecule has 0 bridgehead atoms. The molecular weight excluding hydrogens is 330 g/mol. The molecule has 0 saturated carbocycles. The number of benzene rings is 1. The highest BCUT2D eigenvalue weighted by Crippen LogP contribution is 2.52. The van der Waals surface area contributed by atoms with Crippen molar-refractivity contribution in [1.82, 2.24) is 0 Å². The van der Waals surface area contributed by atoms with Crippen molar-refractivity contribution < 1.29 is 9.69 Å². The van der Waals surface area contributed by atoms with Gasteiger partial charge in [0.25, 0.3) is 0 Å². The first-order chi connectivity index (χ1) is 12.1.